The Bertz CT molecular complexity index is 1380. The number of carbonyl (C=O) groups is 1. The van der Waals surface area contributed by atoms with E-state index in [0.29, 0.717) is 12.4 Å². The Morgan fingerprint density at radius 2 is 1.88 bits per heavy atom. The van der Waals surface area contributed by atoms with Gasteiger partial charge in [-0.25, -0.2) is 27.7 Å². The number of nitrogens with zero attached hydrogens (tertiary/aromatic N) is 3. The molecule has 0 saturated carbocycles. The Hall–Kier alpha value is -3.25. The molecule has 0 aliphatic heterocycles. The summed E-state index contributed by atoms with van der Waals surface area (Å²) < 4.78 is 35.1. The number of carbonyl (C=O) groups excluding carboxylic acids is 1. The van der Waals surface area contributed by atoms with E-state index in [1.807, 2.05) is 6.92 Å². The quantitative estimate of drug-likeness (QED) is 0.441. The first-order valence-corrected chi connectivity index (χ1v) is 12.0. The monoisotopic (exact) mass is 477 g/mol. The number of H-pyrrole nitrogens is 1. The van der Waals surface area contributed by atoms with E-state index < -0.39 is 27.2 Å². The normalized spacial score (nSPS) is 11.9. The number of benzene rings is 1. The Morgan fingerprint density at radius 3 is 2.48 bits per heavy atom. The number of imidazole rings is 1. The molecule has 1 aromatic carbocycles. The zero-order chi connectivity index (χ0) is 24.3. The molecule has 2 aromatic heterocycles. The third-order valence-corrected chi connectivity index (χ3v) is 6.64. The minimum absolute atomic E-state index is 0.0346. The molecule has 0 unspecified atom stereocenters. The van der Waals surface area contributed by atoms with Gasteiger partial charge in [0.1, 0.15) is 12.4 Å². The highest BCUT2D eigenvalue weighted by molar-refractivity contribution is 7.89. The molecule has 0 amide bonds. The van der Waals surface area contributed by atoms with Gasteiger partial charge in [0.25, 0.3) is 5.56 Å². The van der Waals surface area contributed by atoms with Gasteiger partial charge in [0.15, 0.2) is 11.2 Å². The summed E-state index contributed by atoms with van der Waals surface area (Å²) in [6.07, 6.45) is 1.60. The number of aromatic amines is 1. The molecule has 3 aromatic rings. The molecule has 2 N–H and O–H groups in total. The molecule has 0 aliphatic carbocycles. The van der Waals surface area contributed by atoms with Crippen LogP contribution >= 0.6 is 0 Å². The van der Waals surface area contributed by atoms with Crippen LogP contribution in [-0.2, 0) is 35.0 Å². The van der Waals surface area contributed by atoms with Crippen molar-refractivity contribution >= 4 is 27.2 Å². The van der Waals surface area contributed by atoms with E-state index in [-0.39, 0.29) is 34.3 Å². The molecular formula is C21H27N5O6S. The number of sulfonamides is 1. The summed E-state index contributed by atoms with van der Waals surface area (Å²) >= 11 is 0. The fourth-order valence-corrected chi connectivity index (χ4v) is 4.56. The second-order valence-corrected chi connectivity index (χ2v) is 9.61. The summed E-state index contributed by atoms with van der Waals surface area (Å²) in [7, 11) is -2.07. The lowest BCUT2D eigenvalue weighted by Crippen LogP contribution is -2.31. The standard InChI is InChI=1S/C21H27N5O6S/c1-5-6-11-26-18-17(19(27)23-21(26)29)25(4)16(22-18)12-32-20(28)14-7-9-15(10-8-14)33(30,31)24-13(2)3/h7-10,13,24H,5-6,11-12H2,1-4H3,(H,23,27,29). The summed E-state index contributed by atoms with van der Waals surface area (Å²) in [6, 6.07) is 5.10. The third kappa shape index (κ3) is 5.22. The van der Waals surface area contributed by atoms with Crippen LogP contribution < -0.4 is 16.0 Å². The largest absolute Gasteiger partial charge is 0.454 e. The molecule has 0 spiro atoms. The van der Waals surface area contributed by atoms with Crippen molar-refractivity contribution in [2.24, 2.45) is 7.05 Å². The highest BCUT2D eigenvalue weighted by Crippen LogP contribution is 2.14. The summed E-state index contributed by atoms with van der Waals surface area (Å²) in [5.41, 5.74) is -0.497. The molecule has 0 saturated heterocycles. The van der Waals surface area contributed by atoms with Crippen molar-refractivity contribution in [2.45, 2.75) is 57.7 Å². The molecule has 3 rings (SSSR count). The summed E-state index contributed by atoms with van der Waals surface area (Å²) in [5, 5.41) is 0. The lowest BCUT2D eigenvalue weighted by Gasteiger charge is -2.10. The van der Waals surface area contributed by atoms with E-state index in [4.69, 9.17) is 4.74 Å². The molecule has 11 nitrogen and oxygen atoms in total. The SMILES string of the molecule is CCCCn1c(=O)[nH]c(=O)c2c1nc(COC(=O)c1ccc(S(=O)(=O)NC(C)C)cc1)n2C. The van der Waals surface area contributed by atoms with Gasteiger partial charge < -0.3 is 9.30 Å². The van der Waals surface area contributed by atoms with Crippen molar-refractivity contribution in [1.82, 2.24) is 23.8 Å². The van der Waals surface area contributed by atoms with Crippen LogP contribution in [0, 0.1) is 0 Å². The number of aromatic nitrogens is 4. The average Bonchev–Trinajstić information content (AvgIpc) is 3.07. The second kappa shape index (κ2) is 9.71. The van der Waals surface area contributed by atoms with Crippen LogP contribution in [0.5, 0.6) is 0 Å². The maximum absolute atomic E-state index is 12.5. The fourth-order valence-electron chi connectivity index (χ4n) is 3.31. The first-order valence-electron chi connectivity index (χ1n) is 10.5. The van der Waals surface area contributed by atoms with Crippen LogP contribution in [0.2, 0.25) is 0 Å². The highest BCUT2D eigenvalue weighted by atomic mass is 32.2. The van der Waals surface area contributed by atoms with E-state index in [9.17, 15) is 22.8 Å². The average molecular weight is 478 g/mol. The molecule has 0 bridgehead atoms. The van der Waals surface area contributed by atoms with Gasteiger partial charge in [0, 0.05) is 19.6 Å². The van der Waals surface area contributed by atoms with E-state index >= 15 is 0 Å². The van der Waals surface area contributed by atoms with Crippen molar-refractivity contribution in [2.75, 3.05) is 0 Å². The van der Waals surface area contributed by atoms with Crippen LogP contribution in [0.1, 0.15) is 49.8 Å². The highest BCUT2D eigenvalue weighted by Gasteiger charge is 2.19. The summed E-state index contributed by atoms with van der Waals surface area (Å²) in [5.74, 6) is -0.389. The molecule has 0 aliphatic rings. The Labute approximate surface area is 190 Å². The topological polar surface area (TPSA) is 145 Å². The molecule has 178 valence electrons. The fraction of sp³-hybridized carbons (Fsp3) is 0.429. The van der Waals surface area contributed by atoms with E-state index in [2.05, 4.69) is 14.7 Å². The first-order chi connectivity index (χ1) is 15.5. The molecule has 0 radical (unpaired) electrons. The lowest BCUT2D eigenvalue weighted by molar-refractivity contribution is 0.0459. The maximum Gasteiger partial charge on any atom is 0.338 e. The molecule has 2 heterocycles. The van der Waals surface area contributed by atoms with Gasteiger partial charge in [-0.3, -0.25) is 14.3 Å². The Kier molecular flexibility index (Phi) is 7.18. The number of unbranched alkanes of at least 4 members (excludes halogenated alkanes) is 1. The number of rotatable bonds is 9. The van der Waals surface area contributed by atoms with Crippen LogP contribution in [0.4, 0.5) is 0 Å². The predicted octanol–water partition coefficient (Wildman–Crippen LogP) is 1.27. The minimum Gasteiger partial charge on any atom is -0.454 e. The van der Waals surface area contributed by atoms with Gasteiger partial charge in [-0.05, 0) is 44.5 Å². The van der Waals surface area contributed by atoms with Gasteiger partial charge in [0.2, 0.25) is 10.0 Å². The van der Waals surface area contributed by atoms with Crippen LogP contribution in [0.15, 0.2) is 38.8 Å². The zero-order valence-corrected chi connectivity index (χ0v) is 19.7. The molecular weight excluding hydrogens is 450 g/mol. The molecule has 0 fully saturated rings. The van der Waals surface area contributed by atoms with E-state index in [1.54, 1.807) is 20.9 Å². The second-order valence-electron chi connectivity index (χ2n) is 7.90. The van der Waals surface area contributed by atoms with Crippen molar-refractivity contribution in [1.29, 1.82) is 0 Å². The van der Waals surface area contributed by atoms with Crippen molar-refractivity contribution in [3.05, 3.63) is 56.5 Å². The number of fused-ring (bicyclic) bond motifs is 1. The van der Waals surface area contributed by atoms with Gasteiger partial charge in [-0.1, -0.05) is 13.3 Å². The van der Waals surface area contributed by atoms with Crippen LogP contribution in [-0.4, -0.2) is 39.5 Å². The lowest BCUT2D eigenvalue weighted by atomic mass is 10.2. The summed E-state index contributed by atoms with van der Waals surface area (Å²) in [6.45, 7) is 5.57. The number of aryl methyl sites for hydroxylation is 2. The third-order valence-electron chi connectivity index (χ3n) is 4.96. The van der Waals surface area contributed by atoms with Crippen molar-refractivity contribution in [3.8, 4) is 0 Å². The van der Waals surface area contributed by atoms with Crippen LogP contribution in [0.3, 0.4) is 0 Å². The first kappa shape index (κ1) is 24.4. The number of hydrogen-bond donors (Lipinski definition) is 2. The van der Waals surface area contributed by atoms with Gasteiger partial charge in [0.05, 0.1) is 10.5 Å². The number of hydrogen-bond acceptors (Lipinski definition) is 7. The van der Waals surface area contributed by atoms with Gasteiger partial charge in [-0.15, -0.1) is 0 Å². The van der Waals surface area contributed by atoms with Crippen LogP contribution in [0.25, 0.3) is 11.2 Å². The Morgan fingerprint density at radius 1 is 1.21 bits per heavy atom. The molecule has 33 heavy (non-hydrogen) atoms. The molecule has 0 atom stereocenters. The Balaban J connectivity index is 1.81. The summed E-state index contributed by atoms with van der Waals surface area (Å²) in [4.78, 5) is 43.7. The van der Waals surface area contributed by atoms with Gasteiger partial charge in [-0.2, -0.15) is 0 Å². The minimum atomic E-state index is -3.67. The number of esters is 1. The smallest absolute Gasteiger partial charge is 0.338 e. The van der Waals surface area contributed by atoms with E-state index in [0.717, 1.165) is 12.8 Å². The number of ether oxygens (including phenoxy) is 1. The van der Waals surface area contributed by atoms with Gasteiger partial charge >= 0.3 is 11.7 Å². The maximum atomic E-state index is 12.5. The predicted molar refractivity (Wildman–Crippen MR) is 122 cm³/mol. The molecule has 12 heteroatoms. The van der Waals surface area contributed by atoms with Crippen molar-refractivity contribution < 1.29 is 17.9 Å². The van der Waals surface area contributed by atoms with E-state index in [1.165, 1.54) is 33.4 Å². The zero-order valence-electron chi connectivity index (χ0n) is 18.9. The van der Waals surface area contributed by atoms with Crippen molar-refractivity contribution in [3.63, 3.8) is 0 Å². The number of nitrogens with one attached hydrogen (secondary N) is 2.